The zero-order valence-corrected chi connectivity index (χ0v) is 11.4. The highest BCUT2D eigenvalue weighted by molar-refractivity contribution is 9.10. The number of esters is 1. The van der Waals surface area contributed by atoms with Gasteiger partial charge in [-0.05, 0) is 34.1 Å². The normalized spacial score (nSPS) is 21.8. The van der Waals surface area contributed by atoms with Crippen molar-refractivity contribution in [2.24, 2.45) is 0 Å². The quantitative estimate of drug-likeness (QED) is 0.856. The van der Waals surface area contributed by atoms with Gasteiger partial charge < -0.3 is 10.1 Å². The van der Waals surface area contributed by atoms with Crippen LogP contribution in [0.4, 0.5) is 14.5 Å². The molecule has 0 aliphatic carbocycles. The summed E-state index contributed by atoms with van der Waals surface area (Å²) in [6.07, 6.45) is -1.42. The first-order chi connectivity index (χ1) is 8.38. The van der Waals surface area contributed by atoms with Gasteiger partial charge in [-0.15, -0.1) is 0 Å². The number of rotatable bonds is 3. The van der Waals surface area contributed by atoms with Crippen LogP contribution in [0.25, 0.3) is 0 Å². The Kier molecular flexibility index (Phi) is 3.77. The summed E-state index contributed by atoms with van der Waals surface area (Å²) in [6.45, 7) is 0.124. The Morgan fingerprint density at radius 2 is 2.28 bits per heavy atom. The predicted octanol–water partition coefficient (Wildman–Crippen LogP) is 3.47. The second-order valence-corrected chi connectivity index (χ2v) is 5.21. The van der Waals surface area contributed by atoms with Gasteiger partial charge in [-0.25, -0.2) is 4.79 Å². The van der Waals surface area contributed by atoms with Gasteiger partial charge >= 0.3 is 11.9 Å². The standard InChI is InChI=1S/C11H9BrClF2NO2/c12-8-2-1-6(3-9(8)13)16-5-7-4-11(14,15)10(17)18-7/h1-3,7,16H,4-5H2. The molecule has 0 bridgehead atoms. The van der Waals surface area contributed by atoms with Gasteiger partial charge in [0, 0.05) is 10.2 Å². The number of carbonyl (C=O) groups is 1. The van der Waals surface area contributed by atoms with E-state index in [4.69, 9.17) is 11.6 Å². The molecule has 0 saturated carbocycles. The van der Waals surface area contributed by atoms with Crippen LogP contribution in [0, 0.1) is 0 Å². The number of ether oxygens (including phenoxy) is 1. The summed E-state index contributed by atoms with van der Waals surface area (Å²) in [4.78, 5) is 10.8. The number of carbonyl (C=O) groups excluding carboxylic acids is 1. The molecule has 3 nitrogen and oxygen atoms in total. The van der Waals surface area contributed by atoms with E-state index in [0.29, 0.717) is 10.7 Å². The molecule has 1 N–H and O–H groups in total. The van der Waals surface area contributed by atoms with Crippen molar-refractivity contribution in [3.05, 3.63) is 27.7 Å². The average molecular weight is 341 g/mol. The molecule has 0 aromatic heterocycles. The van der Waals surface area contributed by atoms with E-state index in [9.17, 15) is 13.6 Å². The highest BCUT2D eigenvalue weighted by Gasteiger charge is 2.50. The molecule has 7 heteroatoms. The van der Waals surface area contributed by atoms with Crippen LogP contribution in [0.5, 0.6) is 0 Å². The second-order valence-electron chi connectivity index (χ2n) is 3.95. The van der Waals surface area contributed by atoms with Gasteiger partial charge in [0.15, 0.2) is 0 Å². The van der Waals surface area contributed by atoms with Crippen LogP contribution in [0.15, 0.2) is 22.7 Å². The maximum absolute atomic E-state index is 12.9. The van der Waals surface area contributed by atoms with Crippen molar-refractivity contribution in [1.82, 2.24) is 0 Å². The van der Waals surface area contributed by atoms with Gasteiger partial charge in [0.05, 0.1) is 18.0 Å². The monoisotopic (exact) mass is 339 g/mol. The number of alkyl halides is 2. The molecule has 1 saturated heterocycles. The fraction of sp³-hybridized carbons (Fsp3) is 0.364. The fourth-order valence-electron chi connectivity index (χ4n) is 1.60. The minimum Gasteiger partial charge on any atom is -0.456 e. The molecular weight excluding hydrogens is 331 g/mol. The highest BCUT2D eigenvalue weighted by atomic mass is 79.9. The zero-order valence-electron chi connectivity index (χ0n) is 9.05. The lowest BCUT2D eigenvalue weighted by Gasteiger charge is -2.11. The number of hydrogen-bond donors (Lipinski definition) is 1. The van der Waals surface area contributed by atoms with E-state index in [0.717, 1.165) is 4.47 Å². The molecule has 98 valence electrons. The van der Waals surface area contributed by atoms with Crippen LogP contribution in [-0.4, -0.2) is 24.5 Å². The van der Waals surface area contributed by atoms with E-state index in [-0.39, 0.29) is 6.54 Å². The van der Waals surface area contributed by atoms with Crippen LogP contribution >= 0.6 is 27.5 Å². The first-order valence-electron chi connectivity index (χ1n) is 5.16. The molecule has 0 spiro atoms. The molecule has 1 unspecified atom stereocenters. The van der Waals surface area contributed by atoms with Gasteiger partial charge in [0.2, 0.25) is 0 Å². The van der Waals surface area contributed by atoms with E-state index in [2.05, 4.69) is 26.0 Å². The summed E-state index contributed by atoms with van der Waals surface area (Å²) in [5.41, 5.74) is 0.675. The number of anilines is 1. The average Bonchev–Trinajstić information content (AvgIpc) is 2.55. The maximum Gasteiger partial charge on any atom is 0.377 e. The lowest BCUT2D eigenvalue weighted by Crippen LogP contribution is -2.22. The fourth-order valence-corrected chi connectivity index (χ4v) is 2.03. The highest BCUT2D eigenvalue weighted by Crippen LogP contribution is 2.31. The molecule has 1 aromatic rings. The molecule has 1 fully saturated rings. The second kappa shape index (κ2) is 5.01. The molecule has 1 aliphatic heterocycles. The number of nitrogens with one attached hydrogen (secondary N) is 1. The minimum atomic E-state index is -3.37. The zero-order chi connectivity index (χ0) is 13.3. The molecule has 1 atom stereocenters. The Hall–Kier alpha value is -0.880. The summed E-state index contributed by atoms with van der Waals surface area (Å²) < 4.78 is 31.1. The third kappa shape index (κ3) is 2.92. The van der Waals surface area contributed by atoms with Crippen LogP contribution < -0.4 is 5.32 Å². The molecule has 1 heterocycles. The van der Waals surface area contributed by atoms with E-state index in [1.807, 2.05) is 0 Å². The van der Waals surface area contributed by atoms with Crippen molar-refractivity contribution in [3.8, 4) is 0 Å². The largest absolute Gasteiger partial charge is 0.456 e. The van der Waals surface area contributed by atoms with Gasteiger partial charge in [-0.1, -0.05) is 11.6 Å². The summed E-state index contributed by atoms with van der Waals surface area (Å²) in [6, 6.07) is 5.13. The van der Waals surface area contributed by atoms with Crippen molar-refractivity contribution >= 4 is 39.2 Å². The lowest BCUT2D eigenvalue weighted by molar-refractivity contribution is -0.158. The summed E-state index contributed by atoms with van der Waals surface area (Å²) in [5.74, 6) is -4.83. The van der Waals surface area contributed by atoms with Crippen LogP contribution in [0.2, 0.25) is 5.02 Å². The minimum absolute atomic E-state index is 0.124. The van der Waals surface area contributed by atoms with Gasteiger partial charge in [0.1, 0.15) is 6.10 Å². The summed E-state index contributed by atoms with van der Waals surface area (Å²) >= 11 is 9.13. The lowest BCUT2D eigenvalue weighted by atomic mass is 10.2. The molecular formula is C11H9BrClF2NO2. The topological polar surface area (TPSA) is 38.3 Å². The van der Waals surface area contributed by atoms with Crippen LogP contribution in [-0.2, 0) is 9.53 Å². The van der Waals surface area contributed by atoms with Crippen LogP contribution in [0.1, 0.15) is 6.42 Å². The summed E-state index contributed by atoms with van der Waals surface area (Å²) in [5, 5.41) is 3.41. The van der Waals surface area contributed by atoms with E-state index in [1.165, 1.54) is 0 Å². The molecule has 0 amide bonds. The van der Waals surface area contributed by atoms with Crippen molar-refractivity contribution in [3.63, 3.8) is 0 Å². The SMILES string of the molecule is O=C1OC(CNc2ccc(Br)c(Cl)c2)CC1(F)F. The Labute approximate surface area is 116 Å². The van der Waals surface area contributed by atoms with Crippen molar-refractivity contribution in [2.45, 2.75) is 18.4 Å². The van der Waals surface area contributed by atoms with Crippen molar-refractivity contribution in [2.75, 3.05) is 11.9 Å². The van der Waals surface area contributed by atoms with E-state index in [1.54, 1.807) is 18.2 Å². The summed E-state index contributed by atoms with van der Waals surface area (Å²) in [7, 11) is 0. The Bertz CT molecular complexity index is 484. The smallest absolute Gasteiger partial charge is 0.377 e. The Balaban J connectivity index is 1.93. The number of hydrogen-bond acceptors (Lipinski definition) is 3. The van der Waals surface area contributed by atoms with Crippen molar-refractivity contribution < 1.29 is 18.3 Å². The number of cyclic esters (lactones) is 1. The predicted molar refractivity (Wildman–Crippen MR) is 67.1 cm³/mol. The molecule has 0 radical (unpaired) electrons. The van der Waals surface area contributed by atoms with E-state index >= 15 is 0 Å². The van der Waals surface area contributed by atoms with E-state index < -0.39 is 24.4 Å². The first-order valence-corrected chi connectivity index (χ1v) is 6.33. The Morgan fingerprint density at radius 1 is 1.56 bits per heavy atom. The van der Waals surface area contributed by atoms with Gasteiger partial charge in [0.25, 0.3) is 0 Å². The van der Waals surface area contributed by atoms with Crippen molar-refractivity contribution in [1.29, 1.82) is 0 Å². The first kappa shape index (κ1) is 13.5. The molecule has 1 aliphatic rings. The van der Waals surface area contributed by atoms with Gasteiger partial charge in [-0.3, -0.25) is 0 Å². The third-order valence-electron chi connectivity index (χ3n) is 2.51. The third-order valence-corrected chi connectivity index (χ3v) is 3.74. The maximum atomic E-state index is 12.9. The molecule has 2 rings (SSSR count). The molecule has 18 heavy (non-hydrogen) atoms. The number of halogens is 4. The number of benzene rings is 1. The molecule has 1 aromatic carbocycles. The van der Waals surface area contributed by atoms with Gasteiger partial charge in [-0.2, -0.15) is 8.78 Å². The Morgan fingerprint density at radius 3 is 2.83 bits per heavy atom. The van der Waals surface area contributed by atoms with Crippen LogP contribution in [0.3, 0.4) is 0 Å².